The summed E-state index contributed by atoms with van der Waals surface area (Å²) < 4.78 is 5.54. The molecule has 2 nitrogen and oxygen atoms in total. The Bertz CT molecular complexity index is 920. The van der Waals surface area contributed by atoms with Gasteiger partial charge in [0.15, 0.2) is 0 Å². The lowest BCUT2D eigenvalue weighted by Gasteiger charge is -2.07. The van der Waals surface area contributed by atoms with Gasteiger partial charge in [-0.15, -0.1) is 5.54 Å². The summed E-state index contributed by atoms with van der Waals surface area (Å²) in [5, 5.41) is 2.45. The fourth-order valence-electron chi connectivity index (χ4n) is 2.67. The number of aromatic nitrogens is 1. The van der Waals surface area contributed by atoms with Crippen LogP contribution in [0.2, 0.25) is 19.6 Å². The Kier molecular flexibility index (Phi) is 3.50. The molecule has 3 heteroatoms. The molecule has 0 amide bonds. The Morgan fingerprint density at radius 1 is 1.00 bits per heavy atom. The van der Waals surface area contributed by atoms with Gasteiger partial charge in [-0.1, -0.05) is 43.8 Å². The number of hydrogen-bond acceptors (Lipinski definition) is 1. The maximum atomic E-state index is 5.54. The number of aryl methyl sites for hydroxylation is 1. The molecule has 0 bridgehead atoms. The summed E-state index contributed by atoms with van der Waals surface area (Å²) in [4.78, 5) is 3.56. The van der Waals surface area contributed by atoms with Crippen molar-refractivity contribution in [2.75, 3.05) is 7.11 Å². The molecule has 0 spiro atoms. The first-order valence-corrected chi connectivity index (χ1v) is 11.0. The molecule has 112 valence electrons. The van der Waals surface area contributed by atoms with E-state index in [4.69, 9.17) is 4.74 Å². The minimum Gasteiger partial charge on any atom is -0.495 e. The molecule has 0 fully saturated rings. The molecule has 0 aliphatic carbocycles. The zero-order valence-corrected chi connectivity index (χ0v) is 14.8. The third-order valence-electron chi connectivity index (χ3n) is 3.76. The van der Waals surface area contributed by atoms with Gasteiger partial charge >= 0.3 is 0 Å². The van der Waals surface area contributed by atoms with Crippen molar-refractivity contribution in [2.24, 2.45) is 0 Å². The maximum absolute atomic E-state index is 5.54. The summed E-state index contributed by atoms with van der Waals surface area (Å²) in [7, 11) is 0.260. The van der Waals surface area contributed by atoms with Gasteiger partial charge in [0, 0.05) is 16.3 Å². The van der Waals surface area contributed by atoms with Crippen LogP contribution in [0.3, 0.4) is 0 Å². The summed E-state index contributed by atoms with van der Waals surface area (Å²) in [6.07, 6.45) is 0. The molecule has 2 aromatic carbocycles. The Hall–Kier alpha value is -2.18. The first-order chi connectivity index (χ1) is 10.4. The molecule has 3 aromatic rings. The van der Waals surface area contributed by atoms with Gasteiger partial charge < -0.3 is 9.72 Å². The minimum absolute atomic E-state index is 0.836. The number of methoxy groups -OCH3 is 1. The zero-order chi connectivity index (χ0) is 15.9. The van der Waals surface area contributed by atoms with Crippen molar-refractivity contribution in [1.82, 2.24) is 4.98 Å². The number of benzene rings is 2. The maximum Gasteiger partial charge on any atom is 0.136 e. The van der Waals surface area contributed by atoms with Gasteiger partial charge in [-0.05, 0) is 24.6 Å². The third-order valence-corrected chi connectivity index (χ3v) is 4.64. The molecule has 0 radical (unpaired) electrons. The van der Waals surface area contributed by atoms with Gasteiger partial charge in [0.25, 0.3) is 0 Å². The molecule has 0 saturated heterocycles. The van der Waals surface area contributed by atoms with Gasteiger partial charge in [0.2, 0.25) is 0 Å². The fourth-order valence-corrected chi connectivity index (χ4v) is 3.17. The largest absolute Gasteiger partial charge is 0.495 e. The average molecular weight is 307 g/mol. The van der Waals surface area contributed by atoms with Crippen molar-refractivity contribution in [3.8, 4) is 17.2 Å². The molecule has 1 aromatic heterocycles. The minimum atomic E-state index is -1.44. The number of rotatable bonds is 1. The molecule has 1 N–H and O–H groups in total. The van der Waals surface area contributed by atoms with Gasteiger partial charge in [-0.2, -0.15) is 0 Å². The van der Waals surface area contributed by atoms with E-state index in [1.165, 1.54) is 21.9 Å². The number of ether oxygens (including phenoxy) is 1. The van der Waals surface area contributed by atoms with E-state index in [1.807, 2.05) is 6.07 Å². The summed E-state index contributed by atoms with van der Waals surface area (Å²) in [6, 6.07) is 10.5. The highest BCUT2D eigenvalue weighted by atomic mass is 28.3. The molecular formula is C19H21NOSi. The fraction of sp³-hybridized carbons (Fsp3) is 0.263. The second kappa shape index (κ2) is 5.22. The second-order valence-electron chi connectivity index (χ2n) is 6.69. The predicted octanol–water partition coefficient (Wildman–Crippen LogP) is 4.87. The summed E-state index contributed by atoms with van der Waals surface area (Å²) >= 11 is 0. The first-order valence-electron chi connectivity index (χ1n) is 7.52. The highest BCUT2D eigenvalue weighted by molar-refractivity contribution is 6.83. The highest BCUT2D eigenvalue weighted by Crippen LogP contribution is 2.33. The second-order valence-corrected chi connectivity index (χ2v) is 11.4. The van der Waals surface area contributed by atoms with E-state index in [2.05, 4.69) is 67.3 Å². The van der Waals surface area contributed by atoms with Gasteiger partial charge in [0.05, 0.1) is 18.2 Å². The molecule has 0 saturated carbocycles. The average Bonchev–Trinajstić information content (AvgIpc) is 2.84. The standard InChI is InChI=1S/C19H21NOSi/c1-13-7-6-8-14-15-9-10-17(21-2)16(11-12-22(3,4)5)19(15)20-18(13)14/h6-10,20H,1-5H3. The molecule has 0 aliphatic rings. The smallest absolute Gasteiger partial charge is 0.136 e. The van der Waals surface area contributed by atoms with E-state index in [0.717, 1.165) is 16.8 Å². The van der Waals surface area contributed by atoms with Gasteiger partial charge in [-0.3, -0.25) is 0 Å². The lowest BCUT2D eigenvalue weighted by atomic mass is 10.1. The van der Waals surface area contributed by atoms with Crippen LogP contribution in [0.5, 0.6) is 5.75 Å². The van der Waals surface area contributed by atoms with Crippen molar-refractivity contribution in [3.05, 3.63) is 41.5 Å². The van der Waals surface area contributed by atoms with Gasteiger partial charge in [-0.25, -0.2) is 0 Å². The summed E-state index contributed by atoms with van der Waals surface area (Å²) in [5.41, 5.74) is 7.93. The van der Waals surface area contributed by atoms with E-state index < -0.39 is 8.07 Å². The number of aromatic amines is 1. The number of hydrogen-bond donors (Lipinski definition) is 1. The van der Waals surface area contributed by atoms with Crippen LogP contribution < -0.4 is 4.74 Å². The quantitative estimate of drug-likeness (QED) is 0.503. The van der Waals surface area contributed by atoms with E-state index in [0.29, 0.717) is 0 Å². The number of nitrogens with one attached hydrogen (secondary N) is 1. The van der Waals surface area contributed by atoms with E-state index >= 15 is 0 Å². The normalized spacial score (nSPS) is 11.5. The topological polar surface area (TPSA) is 25.0 Å². The summed E-state index contributed by atoms with van der Waals surface area (Å²) in [6.45, 7) is 8.88. The summed E-state index contributed by atoms with van der Waals surface area (Å²) in [5.74, 6) is 4.22. The molecule has 0 atom stereocenters. The molecule has 3 rings (SSSR count). The van der Waals surface area contributed by atoms with Crippen molar-refractivity contribution < 1.29 is 4.74 Å². The van der Waals surface area contributed by atoms with Crippen LogP contribution >= 0.6 is 0 Å². The number of fused-ring (bicyclic) bond motifs is 3. The Balaban J connectivity index is 2.39. The van der Waals surface area contributed by atoms with E-state index in [1.54, 1.807) is 7.11 Å². The molecular weight excluding hydrogens is 286 g/mol. The molecule has 0 aliphatic heterocycles. The predicted molar refractivity (Wildman–Crippen MR) is 97.3 cm³/mol. The lowest BCUT2D eigenvalue weighted by Crippen LogP contribution is -2.16. The highest BCUT2D eigenvalue weighted by Gasteiger charge is 2.14. The zero-order valence-electron chi connectivity index (χ0n) is 13.8. The van der Waals surface area contributed by atoms with Crippen molar-refractivity contribution in [1.29, 1.82) is 0 Å². The lowest BCUT2D eigenvalue weighted by molar-refractivity contribution is 0.414. The Labute approximate surface area is 132 Å². The van der Waals surface area contributed by atoms with E-state index in [9.17, 15) is 0 Å². The monoisotopic (exact) mass is 307 g/mol. The van der Waals surface area contributed by atoms with Crippen LogP contribution in [-0.4, -0.2) is 20.2 Å². The molecule has 1 heterocycles. The van der Waals surface area contributed by atoms with Crippen molar-refractivity contribution >= 4 is 29.9 Å². The van der Waals surface area contributed by atoms with Gasteiger partial charge in [0.1, 0.15) is 13.8 Å². The van der Waals surface area contributed by atoms with Crippen LogP contribution in [-0.2, 0) is 0 Å². The third kappa shape index (κ3) is 2.51. The first kappa shape index (κ1) is 14.7. The molecule has 0 unspecified atom stereocenters. The number of para-hydroxylation sites is 1. The van der Waals surface area contributed by atoms with Crippen LogP contribution in [0.4, 0.5) is 0 Å². The SMILES string of the molecule is COc1ccc2c([nH]c3c(C)cccc32)c1C#C[Si](C)(C)C. The molecule has 22 heavy (non-hydrogen) atoms. The van der Waals surface area contributed by atoms with Crippen LogP contribution in [0.1, 0.15) is 11.1 Å². The van der Waals surface area contributed by atoms with Crippen LogP contribution in [0, 0.1) is 18.4 Å². The van der Waals surface area contributed by atoms with E-state index in [-0.39, 0.29) is 0 Å². The number of H-pyrrole nitrogens is 1. The van der Waals surface area contributed by atoms with Crippen LogP contribution in [0.25, 0.3) is 21.8 Å². The Morgan fingerprint density at radius 3 is 2.41 bits per heavy atom. The van der Waals surface area contributed by atoms with Crippen molar-refractivity contribution in [2.45, 2.75) is 26.6 Å². The Morgan fingerprint density at radius 2 is 1.73 bits per heavy atom. The van der Waals surface area contributed by atoms with Crippen molar-refractivity contribution in [3.63, 3.8) is 0 Å². The van der Waals surface area contributed by atoms with Crippen LogP contribution in [0.15, 0.2) is 30.3 Å².